The van der Waals surface area contributed by atoms with E-state index in [-0.39, 0.29) is 31.2 Å². The van der Waals surface area contributed by atoms with Gasteiger partial charge < -0.3 is 20.1 Å². The summed E-state index contributed by atoms with van der Waals surface area (Å²) in [4.78, 5) is 29.5. The van der Waals surface area contributed by atoms with Gasteiger partial charge in [0.2, 0.25) is 5.91 Å². The van der Waals surface area contributed by atoms with E-state index in [4.69, 9.17) is 5.11 Å². The van der Waals surface area contributed by atoms with Crippen molar-refractivity contribution < 1.29 is 28.2 Å². The number of anilines is 2. The molecule has 1 aromatic heterocycles. The van der Waals surface area contributed by atoms with Crippen molar-refractivity contribution >= 4 is 34.8 Å². The molecule has 0 saturated heterocycles. The van der Waals surface area contributed by atoms with Crippen LogP contribution in [0.3, 0.4) is 0 Å². The van der Waals surface area contributed by atoms with E-state index < -0.39 is 12.1 Å². The van der Waals surface area contributed by atoms with Gasteiger partial charge in [-0.3, -0.25) is 4.79 Å². The van der Waals surface area contributed by atoms with Crippen molar-refractivity contribution in [2.24, 2.45) is 0 Å². The summed E-state index contributed by atoms with van der Waals surface area (Å²) >= 11 is 1.30. The fraction of sp³-hybridized carbons (Fsp3) is 0.273. The standard InChI is InChI=1S/C22H20F2N4O4S/c1-12-6-7-14(20-26-13(2)27-33-20)10-16(12)25-11-19(29)28-9-8-15-17(28)4-3-5-18(15)32-22(23,24)21(30)31/h3-7,10,25H,8-9,11H2,1-2H3,(H,30,31). The summed E-state index contributed by atoms with van der Waals surface area (Å²) in [6.07, 6.45) is -4.08. The van der Waals surface area contributed by atoms with E-state index in [9.17, 15) is 18.4 Å². The third-order valence-corrected chi connectivity index (χ3v) is 6.07. The van der Waals surface area contributed by atoms with Gasteiger partial charge in [0.15, 0.2) is 0 Å². The molecule has 1 aliphatic heterocycles. The number of carboxylic acid groups (broad SMARTS) is 1. The number of aliphatic carboxylic acids is 1. The summed E-state index contributed by atoms with van der Waals surface area (Å²) in [7, 11) is 0. The van der Waals surface area contributed by atoms with Gasteiger partial charge >= 0.3 is 12.1 Å². The number of hydrogen-bond acceptors (Lipinski definition) is 7. The highest BCUT2D eigenvalue weighted by atomic mass is 32.1. The molecule has 0 unspecified atom stereocenters. The quantitative estimate of drug-likeness (QED) is 0.536. The largest absolute Gasteiger partial charge is 0.501 e. The Morgan fingerprint density at radius 2 is 2.06 bits per heavy atom. The molecule has 2 aromatic carbocycles. The molecule has 1 aliphatic rings. The average Bonchev–Trinajstić information content (AvgIpc) is 3.40. The Balaban J connectivity index is 1.48. The lowest BCUT2D eigenvalue weighted by atomic mass is 10.1. The number of halogens is 2. The van der Waals surface area contributed by atoms with Crippen LogP contribution in [0.25, 0.3) is 10.6 Å². The molecule has 11 heteroatoms. The zero-order valence-electron chi connectivity index (χ0n) is 17.8. The van der Waals surface area contributed by atoms with Gasteiger partial charge in [-0.2, -0.15) is 13.2 Å². The van der Waals surface area contributed by atoms with Crippen molar-refractivity contribution in [1.29, 1.82) is 0 Å². The van der Waals surface area contributed by atoms with Gasteiger partial charge in [-0.1, -0.05) is 18.2 Å². The molecule has 0 aliphatic carbocycles. The van der Waals surface area contributed by atoms with E-state index in [2.05, 4.69) is 19.4 Å². The van der Waals surface area contributed by atoms with Crippen LogP contribution in [0, 0.1) is 13.8 Å². The van der Waals surface area contributed by atoms with Crippen molar-refractivity contribution in [3.63, 3.8) is 0 Å². The van der Waals surface area contributed by atoms with Gasteiger partial charge in [0.1, 0.15) is 16.6 Å². The summed E-state index contributed by atoms with van der Waals surface area (Å²) in [5, 5.41) is 12.6. The number of carboxylic acids is 1. The molecule has 172 valence electrons. The van der Waals surface area contributed by atoms with E-state index in [0.29, 0.717) is 17.1 Å². The van der Waals surface area contributed by atoms with Crippen LogP contribution in [0.15, 0.2) is 36.4 Å². The fourth-order valence-corrected chi connectivity index (χ4v) is 4.23. The summed E-state index contributed by atoms with van der Waals surface area (Å²) in [6, 6.07) is 10.1. The first-order chi connectivity index (χ1) is 15.7. The Labute approximate surface area is 192 Å². The molecular formula is C22H20F2N4O4S. The molecule has 0 radical (unpaired) electrons. The van der Waals surface area contributed by atoms with Gasteiger partial charge in [0.25, 0.3) is 0 Å². The van der Waals surface area contributed by atoms with Crippen LogP contribution in [0.4, 0.5) is 20.2 Å². The van der Waals surface area contributed by atoms with Gasteiger partial charge in [-0.25, -0.2) is 9.78 Å². The molecule has 33 heavy (non-hydrogen) atoms. The second kappa shape index (κ2) is 8.74. The maximum Gasteiger partial charge on any atom is 0.501 e. The van der Waals surface area contributed by atoms with Crippen molar-refractivity contribution in [3.05, 3.63) is 53.3 Å². The first kappa shape index (κ1) is 22.6. The van der Waals surface area contributed by atoms with Crippen LogP contribution < -0.4 is 15.0 Å². The van der Waals surface area contributed by atoms with E-state index in [1.54, 1.807) is 6.07 Å². The number of nitrogens with zero attached hydrogens (tertiary/aromatic N) is 3. The van der Waals surface area contributed by atoms with Crippen molar-refractivity contribution in [3.8, 4) is 16.3 Å². The molecule has 0 fully saturated rings. The van der Waals surface area contributed by atoms with Crippen molar-refractivity contribution in [1.82, 2.24) is 9.36 Å². The number of ether oxygens (including phenoxy) is 1. The topological polar surface area (TPSA) is 105 Å². The zero-order chi connectivity index (χ0) is 23.8. The molecule has 3 aromatic rings. The number of amides is 1. The van der Waals surface area contributed by atoms with E-state index in [1.807, 2.05) is 32.0 Å². The van der Waals surface area contributed by atoms with E-state index >= 15 is 0 Å². The molecule has 2 heterocycles. The molecule has 8 nitrogen and oxygen atoms in total. The molecule has 0 bridgehead atoms. The molecule has 0 saturated carbocycles. The molecular weight excluding hydrogens is 454 g/mol. The minimum atomic E-state index is -4.36. The highest BCUT2D eigenvalue weighted by Gasteiger charge is 2.43. The van der Waals surface area contributed by atoms with Crippen molar-refractivity contribution in [2.45, 2.75) is 26.4 Å². The van der Waals surface area contributed by atoms with Crippen LogP contribution in [-0.4, -0.2) is 45.5 Å². The number of fused-ring (bicyclic) bond motifs is 1. The summed E-state index contributed by atoms with van der Waals surface area (Å²) in [5.41, 5.74) is 3.40. The summed E-state index contributed by atoms with van der Waals surface area (Å²) in [6.45, 7) is 3.99. The predicted molar refractivity (Wildman–Crippen MR) is 119 cm³/mol. The van der Waals surface area contributed by atoms with Crippen molar-refractivity contribution in [2.75, 3.05) is 23.3 Å². The van der Waals surface area contributed by atoms with Crippen LogP contribution in [-0.2, 0) is 16.0 Å². The van der Waals surface area contributed by atoms with E-state index in [1.165, 1.54) is 28.6 Å². The average molecular weight is 474 g/mol. The number of aromatic nitrogens is 2. The SMILES string of the molecule is Cc1nsc(-c2ccc(C)c(NCC(=O)N3CCc4c(OC(F)(F)C(=O)O)cccc43)c2)n1. The highest BCUT2D eigenvalue weighted by molar-refractivity contribution is 7.09. The number of benzene rings is 2. The van der Waals surface area contributed by atoms with Crippen LogP contribution >= 0.6 is 11.5 Å². The molecule has 0 atom stereocenters. The number of aryl methyl sites for hydroxylation is 2. The Morgan fingerprint density at radius 3 is 2.76 bits per heavy atom. The van der Waals surface area contributed by atoms with Gasteiger partial charge in [-0.15, -0.1) is 0 Å². The number of carbonyl (C=O) groups is 2. The Hall–Kier alpha value is -3.60. The molecule has 0 spiro atoms. The maximum absolute atomic E-state index is 13.5. The predicted octanol–water partition coefficient (Wildman–Crippen LogP) is 3.88. The third kappa shape index (κ3) is 4.63. The number of rotatable bonds is 7. The summed E-state index contributed by atoms with van der Waals surface area (Å²) in [5.74, 6) is -2.19. The molecule has 2 N–H and O–H groups in total. The van der Waals surface area contributed by atoms with Gasteiger partial charge in [0.05, 0.1) is 12.2 Å². The minimum absolute atomic E-state index is 0.0186. The molecule has 4 rings (SSSR count). The maximum atomic E-state index is 13.5. The van der Waals surface area contributed by atoms with Crippen LogP contribution in [0.5, 0.6) is 5.75 Å². The number of hydrogen-bond donors (Lipinski definition) is 2. The molecule has 1 amide bonds. The first-order valence-electron chi connectivity index (χ1n) is 10.0. The lowest BCUT2D eigenvalue weighted by Gasteiger charge is -2.20. The lowest BCUT2D eigenvalue weighted by Crippen LogP contribution is -2.35. The highest BCUT2D eigenvalue weighted by Crippen LogP contribution is 2.37. The number of alkyl halides is 2. The fourth-order valence-electron chi connectivity index (χ4n) is 3.56. The Kier molecular flexibility index (Phi) is 5.98. The normalized spacial score (nSPS) is 13.0. The van der Waals surface area contributed by atoms with Crippen LogP contribution in [0.2, 0.25) is 0 Å². The monoisotopic (exact) mass is 474 g/mol. The Bertz CT molecular complexity index is 1230. The smallest absolute Gasteiger partial charge is 0.474 e. The van der Waals surface area contributed by atoms with Gasteiger partial charge in [0, 0.05) is 23.4 Å². The van der Waals surface area contributed by atoms with Crippen LogP contribution in [0.1, 0.15) is 17.0 Å². The Morgan fingerprint density at radius 1 is 1.27 bits per heavy atom. The summed E-state index contributed by atoms with van der Waals surface area (Å²) < 4.78 is 35.7. The minimum Gasteiger partial charge on any atom is -0.474 e. The second-order valence-corrected chi connectivity index (χ2v) is 8.26. The number of carbonyl (C=O) groups excluding carboxylic acids is 1. The third-order valence-electron chi connectivity index (χ3n) is 5.21. The van der Waals surface area contributed by atoms with E-state index in [0.717, 1.165) is 21.8 Å². The number of nitrogens with one attached hydrogen (secondary N) is 1. The first-order valence-corrected chi connectivity index (χ1v) is 10.8. The zero-order valence-corrected chi connectivity index (χ0v) is 18.6. The second-order valence-electron chi connectivity index (χ2n) is 7.50. The lowest BCUT2D eigenvalue weighted by molar-refractivity contribution is -0.211. The van der Waals surface area contributed by atoms with Gasteiger partial charge in [-0.05, 0) is 55.6 Å².